The van der Waals surface area contributed by atoms with E-state index in [-0.39, 0.29) is 5.56 Å². The Labute approximate surface area is 167 Å². The molecule has 28 heavy (non-hydrogen) atoms. The average Bonchev–Trinajstić information content (AvgIpc) is 3.02. The van der Waals surface area contributed by atoms with Gasteiger partial charge in [0.1, 0.15) is 0 Å². The second-order valence-electron chi connectivity index (χ2n) is 6.86. The van der Waals surface area contributed by atoms with Crippen molar-refractivity contribution in [2.45, 2.75) is 6.92 Å². The number of fused-ring (bicyclic) bond motifs is 3. The molecule has 0 spiro atoms. The molecule has 0 amide bonds. The normalized spacial score (nSPS) is 11.4. The van der Waals surface area contributed by atoms with E-state index >= 15 is 0 Å². The highest BCUT2D eigenvalue weighted by Crippen LogP contribution is 2.38. The second kappa shape index (κ2) is 6.39. The first-order valence-corrected chi connectivity index (χ1v) is 9.50. The van der Waals surface area contributed by atoms with Crippen molar-refractivity contribution in [1.29, 1.82) is 0 Å². The van der Waals surface area contributed by atoms with Crippen molar-refractivity contribution in [2.24, 2.45) is 0 Å². The first-order valence-electron chi connectivity index (χ1n) is 9.12. The minimum absolute atomic E-state index is 0.0541. The summed E-state index contributed by atoms with van der Waals surface area (Å²) >= 11 is 6.38. The summed E-state index contributed by atoms with van der Waals surface area (Å²) in [5, 5.41) is 1.59. The molecule has 0 aliphatic carbocycles. The molecule has 0 aliphatic rings. The molecule has 0 radical (unpaired) electrons. The average molecular weight is 385 g/mol. The van der Waals surface area contributed by atoms with Crippen LogP contribution < -0.4 is 5.56 Å². The van der Waals surface area contributed by atoms with Gasteiger partial charge in [0.05, 0.1) is 11.2 Å². The smallest absolute Gasteiger partial charge is 0.267 e. The number of aromatic nitrogens is 2. The van der Waals surface area contributed by atoms with Crippen LogP contribution in [-0.4, -0.2) is 9.03 Å². The Bertz CT molecular complexity index is 1380. The summed E-state index contributed by atoms with van der Waals surface area (Å²) in [6.45, 7) is 1.96. The Morgan fingerprint density at radius 1 is 0.750 bits per heavy atom. The highest BCUT2D eigenvalue weighted by atomic mass is 35.5. The number of hydrogen-bond donors (Lipinski definition) is 0. The van der Waals surface area contributed by atoms with Gasteiger partial charge in [-0.1, -0.05) is 72.3 Å². The summed E-state index contributed by atoms with van der Waals surface area (Å²) in [4.78, 5) is 12.8. The van der Waals surface area contributed by atoms with E-state index in [2.05, 4.69) is 24.3 Å². The van der Waals surface area contributed by atoms with Crippen LogP contribution in [0.2, 0.25) is 5.02 Å². The van der Waals surface area contributed by atoms with Gasteiger partial charge in [-0.05, 0) is 30.7 Å². The van der Waals surface area contributed by atoms with Crippen LogP contribution in [0, 0.1) is 6.92 Å². The lowest BCUT2D eigenvalue weighted by Crippen LogP contribution is -2.15. The molecule has 5 rings (SSSR count). The fourth-order valence-electron chi connectivity index (χ4n) is 3.95. The third-order valence-electron chi connectivity index (χ3n) is 5.09. The van der Waals surface area contributed by atoms with Gasteiger partial charge in [-0.15, -0.1) is 0 Å². The van der Waals surface area contributed by atoms with E-state index in [0.717, 1.165) is 39.0 Å². The van der Waals surface area contributed by atoms with Gasteiger partial charge >= 0.3 is 0 Å². The number of halogens is 1. The third kappa shape index (κ3) is 2.48. The van der Waals surface area contributed by atoms with Gasteiger partial charge in [0.15, 0.2) is 0 Å². The molecule has 0 fully saturated rings. The van der Waals surface area contributed by atoms with Crippen LogP contribution in [0.4, 0.5) is 0 Å². The van der Waals surface area contributed by atoms with Crippen LogP contribution in [0.15, 0.2) is 89.7 Å². The van der Waals surface area contributed by atoms with Crippen LogP contribution in [0.25, 0.3) is 33.3 Å². The Balaban J connectivity index is 2.12. The first-order chi connectivity index (χ1) is 13.6. The molecule has 5 aromatic rings. The predicted molar refractivity (Wildman–Crippen MR) is 115 cm³/mol. The highest BCUT2D eigenvalue weighted by Gasteiger charge is 2.20. The molecular formula is C24H17ClN2O. The van der Waals surface area contributed by atoms with Crippen molar-refractivity contribution < 1.29 is 0 Å². The maximum Gasteiger partial charge on any atom is 0.271 e. The molecule has 3 aromatic carbocycles. The topological polar surface area (TPSA) is 25.9 Å². The summed E-state index contributed by atoms with van der Waals surface area (Å²) in [7, 11) is 0. The predicted octanol–water partition coefficient (Wildman–Crippen LogP) is 5.85. The fourth-order valence-corrected chi connectivity index (χ4v) is 4.12. The zero-order valence-corrected chi connectivity index (χ0v) is 16.0. The van der Waals surface area contributed by atoms with Gasteiger partial charge < -0.3 is 0 Å². The summed E-state index contributed by atoms with van der Waals surface area (Å²) < 4.78 is 3.74. The zero-order valence-electron chi connectivity index (χ0n) is 15.3. The number of hydrogen-bond acceptors (Lipinski definition) is 1. The minimum Gasteiger partial charge on any atom is -0.267 e. The molecule has 0 N–H and O–H groups in total. The Kier molecular flexibility index (Phi) is 3.85. The molecular weight excluding hydrogens is 368 g/mol. The standard InChI is InChI=1S/C24H17ClN2O/c1-16-14-22(28)27-21-13-12-19(25)15-20(21)23(17-8-4-2-5-9-17)24(26(16)27)18-10-6-3-7-11-18/h2-15H,1H3. The van der Waals surface area contributed by atoms with Gasteiger partial charge in [-0.25, -0.2) is 9.03 Å². The largest absolute Gasteiger partial charge is 0.271 e. The molecule has 3 nitrogen and oxygen atoms in total. The van der Waals surface area contributed by atoms with Gasteiger partial charge in [0.25, 0.3) is 5.56 Å². The number of nitrogens with zero attached hydrogens (tertiary/aromatic N) is 2. The summed E-state index contributed by atoms with van der Waals surface area (Å²) in [6.07, 6.45) is 0. The van der Waals surface area contributed by atoms with Crippen molar-refractivity contribution in [3.8, 4) is 22.4 Å². The van der Waals surface area contributed by atoms with Gasteiger partial charge in [-0.2, -0.15) is 0 Å². The molecule has 0 atom stereocenters. The van der Waals surface area contributed by atoms with E-state index in [0.29, 0.717) is 5.02 Å². The number of benzene rings is 3. The molecule has 0 unspecified atom stereocenters. The maximum absolute atomic E-state index is 12.8. The van der Waals surface area contributed by atoms with Crippen LogP contribution in [0.1, 0.15) is 5.69 Å². The lowest BCUT2D eigenvalue weighted by Gasteiger charge is -2.19. The Morgan fingerprint density at radius 3 is 2.07 bits per heavy atom. The van der Waals surface area contributed by atoms with Crippen molar-refractivity contribution in [3.05, 3.63) is 106 Å². The number of aryl methyl sites for hydroxylation is 1. The van der Waals surface area contributed by atoms with Crippen molar-refractivity contribution in [3.63, 3.8) is 0 Å². The lowest BCUT2D eigenvalue weighted by molar-refractivity contribution is 0.813. The minimum atomic E-state index is -0.0541. The first kappa shape index (κ1) is 16.8. The monoisotopic (exact) mass is 384 g/mol. The van der Waals surface area contributed by atoms with E-state index in [9.17, 15) is 4.79 Å². The summed E-state index contributed by atoms with van der Waals surface area (Å²) in [5.74, 6) is 0. The molecule has 2 heterocycles. The molecule has 136 valence electrons. The van der Waals surface area contributed by atoms with E-state index in [1.807, 2.05) is 66.0 Å². The maximum atomic E-state index is 12.8. The third-order valence-corrected chi connectivity index (χ3v) is 5.32. The van der Waals surface area contributed by atoms with Crippen LogP contribution >= 0.6 is 11.6 Å². The van der Waals surface area contributed by atoms with E-state index in [1.54, 1.807) is 10.6 Å². The van der Waals surface area contributed by atoms with Crippen LogP contribution in [-0.2, 0) is 0 Å². The van der Waals surface area contributed by atoms with Crippen LogP contribution in [0.5, 0.6) is 0 Å². The number of rotatable bonds is 2. The Morgan fingerprint density at radius 2 is 1.39 bits per heavy atom. The molecule has 0 bridgehead atoms. The highest BCUT2D eigenvalue weighted by molar-refractivity contribution is 6.31. The SMILES string of the molecule is Cc1cc(=O)n2c3ccc(Cl)cc3c(-c3ccccc3)c(-c3ccccc3)n12. The lowest BCUT2D eigenvalue weighted by atomic mass is 9.95. The zero-order chi connectivity index (χ0) is 19.3. The molecule has 0 saturated carbocycles. The summed E-state index contributed by atoms with van der Waals surface area (Å²) in [6, 6.07) is 27.8. The van der Waals surface area contributed by atoms with E-state index < -0.39 is 0 Å². The van der Waals surface area contributed by atoms with E-state index in [4.69, 9.17) is 11.6 Å². The van der Waals surface area contributed by atoms with E-state index in [1.165, 1.54) is 0 Å². The summed E-state index contributed by atoms with van der Waals surface area (Å²) in [5.41, 5.74) is 5.82. The van der Waals surface area contributed by atoms with Crippen molar-refractivity contribution in [2.75, 3.05) is 0 Å². The molecule has 4 heteroatoms. The Hall–Kier alpha value is -3.30. The molecule has 0 aliphatic heterocycles. The second-order valence-corrected chi connectivity index (χ2v) is 7.30. The molecule has 2 aromatic heterocycles. The van der Waals surface area contributed by atoms with Gasteiger partial charge in [0, 0.05) is 33.3 Å². The van der Waals surface area contributed by atoms with Gasteiger partial charge in [0.2, 0.25) is 0 Å². The van der Waals surface area contributed by atoms with Crippen LogP contribution in [0.3, 0.4) is 0 Å². The quantitative estimate of drug-likeness (QED) is 0.375. The van der Waals surface area contributed by atoms with Crippen molar-refractivity contribution >= 4 is 22.5 Å². The molecule has 0 saturated heterocycles. The fraction of sp³-hybridized carbons (Fsp3) is 0.0417. The van der Waals surface area contributed by atoms with Gasteiger partial charge in [-0.3, -0.25) is 4.79 Å². The van der Waals surface area contributed by atoms with Crippen molar-refractivity contribution in [1.82, 2.24) is 9.03 Å².